The summed E-state index contributed by atoms with van der Waals surface area (Å²) in [5.41, 5.74) is 2.72. The molecule has 0 radical (unpaired) electrons. The first kappa shape index (κ1) is 14.0. The molecule has 2 heterocycles. The van der Waals surface area contributed by atoms with Crippen molar-refractivity contribution in [2.24, 2.45) is 0 Å². The van der Waals surface area contributed by atoms with Gasteiger partial charge < -0.3 is 10.2 Å². The fraction of sp³-hybridized carbons (Fsp3) is 0.562. The molecule has 2 unspecified atom stereocenters. The summed E-state index contributed by atoms with van der Waals surface area (Å²) in [4.78, 5) is 14.6. The van der Waals surface area contributed by atoms with E-state index in [0.717, 1.165) is 31.0 Å². The molecule has 1 aromatic carbocycles. The summed E-state index contributed by atoms with van der Waals surface area (Å²) in [5.74, 6) is 2.52. The van der Waals surface area contributed by atoms with Gasteiger partial charge in [0.2, 0.25) is 5.91 Å². The van der Waals surface area contributed by atoms with E-state index in [1.807, 2.05) is 11.8 Å². The molecule has 3 nitrogen and oxygen atoms in total. The van der Waals surface area contributed by atoms with Crippen LogP contribution in [0.15, 0.2) is 24.3 Å². The summed E-state index contributed by atoms with van der Waals surface area (Å²) >= 11 is 1.95. The van der Waals surface area contributed by atoms with Crippen molar-refractivity contribution in [2.75, 3.05) is 24.6 Å². The van der Waals surface area contributed by atoms with E-state index in [9.17, 15) is 4.79 Å². The summed E-state index contributed by atoms with van der Waals surface area (Å²) in [7, 11) is 0. The predicted octanol–water partition coefficient (Wildman–Crippen LogP) is 2.23. The van der Waals surface area contributed by atoms with Crippen LogP contribution in [0, 0.1) is 0 Å². The molecule has 20 heavy (non-hydrogen) atoms. The summed E-state index contributed by atoms with van der Waals surface area (Å²) in [6.07, 6.45) is 1.62. The van der Waals surface area contributed by atoms with Crippen LogP contribution in [-0.2, 0) is 11.2 Å². The van der Waals surface area contributed by atoms with Crippen LogP contribution >= 0.6 is 11.8 Å². The Hall–Kier alpha value is -1.000. The molecule has 2 aliphatic heterocycles. The Morgan fingerprint density at radius 2 is 2.30 bits per heavy atom. The average Bonchev–Trinajstić information content (AvgIpc) is 2.49. The van der Waals surface area contributed by atoms with Gasteiger partial charge in [0, 0.05) is 37.1 Å². The Labute approximate surface area is 125 Å². The predicted molar refractivity (Wildman–Crippen MR) is 84.0 cm³/mol. The van der Waals surface area contributed by atoms with Gasteiger partial charge in [0.15, 0.2) is 0 Å². The monoisotopic (exact) mass is 290 g/mol. The van der Waals surface area contributed by atoms with E-state index < -0.39 is 0 Å². The minimum Gasteiger partial charge on any atom is -0.336 e. The van der Waals surface area contributed by atoms with Crippen LogP contribution in [0.3, 0.4) is 0 Å². The fourth-order valence-corrected chi connectivity index (χ4v) is 4.14. The number of carbonyl (C=O) groups excluding carboxylic acids is 1. The zero-order valence-corrected chi connectivity index (χ0v) is 12.8. The quantitative estimate of drug-likeness (QED) is 0.906. The molecule has 0 aliphatic carbocycles. The minimum atomic E-state index is 0.212. The number of hydrogen-bond acceptors (Lipinski definition) is 3. The Morgan fingerprint density at radius 3 is 3.10 bits per heavy atom. The van der Waals surface area contributed by atoms with Crippen LogP contribution in [0.5, 0.6) is 0 Å². The van der Waals surface area contributed by atoms with Crippen molar-refractivity contribution in [1.82, 2.24) is 10.2 Å². The SMILES string of the molecule is CC1c2ccccc2CCN1C(=O)CC1CSCCN1. The lowest BCUT2D eigenvalue weighted by molar-refractivity contribution is -0.134. The number of nitrogens with one attached hydrogen (secondary N) is 1. The standard InChI is InChI=1S/C16H22N2OS/c1-12-15-5-3-2-4-13(15)6-8-18(12)16(19)10-14-11-20-9-7-17-14/h2-5,12,14,17H,6-11H2,1H3. The molecule has 0 saturated carbocycles. The highest BCUT2D eigenvalue weighted by Gasteiger charge is 2.28. The smallest absolute Gasteiger partial charge is 0.224 e. The van der Waals surface area contributed by atoms with Crippen molar-refractivity contribution in [3.63, 3.8) is 0 Å². The van der Waals surface area contributed by atoms with Crippen molar-refractivity contribution < 1.29 is 4.79 Å². The van der Waals surface area contributed by atoms with Crippen LogP contribution in [0.25, 0.3) is 0 Å². The van der Waals surface area contributed by atoms with Crippen molar-refractivity contribution in [3.05, 3.63) is 35.4 Å². The van der Waals surface area contributed by atoms with Gasteiger partial charge in [-0.3, -0.25) is 4.79 Å². The van der Waals surface area contributed by atoms with Gasteiger partial charge in [0.05, 0.1) is 6.04 Å². The van der Waals surface area contributed by atoms with Crippen LogP contribution in [0.1, 0.15) is 30.5 Å². The normalized spacial score (nSPS) is 26.1. The number of carbonyl (C=O) groups is 1. The summed E-state index contributed by atoms with van der Waals surface area (Å²) < 4.78 is 0. The highest BCUT2D eigenvalue weighted by molar-refractivity contribution is 7.99. The maximum Gasteiger partial charge on any atom is 0.224 e. The van der Waals surface area contributed by atoms with Gasteiger partial charge in [-0.25, -0.2) is 0 Å². The van der Waals surface area contributed by atoms with E-state index in [0.29, 0.717) is 18.4 Å². The summed E-state index contributed by atoms with van der Waals surface area (Å²) in [5, 5.41) is 3.45. The van der Waals surface area contributed by atoms with Gasteiger partial charge in [-0.1, -0.05) is 24.3 Å². The van der Waals surface area contributed by atoms with Gasteiger partial charge in [-0.2, -0.15) is 11.8 Å². The molecule has 1 aromatic rings. The fourth-order valence-electron chi connectivity index (χ4n) is 3.19. The molecule has 1 N–H and O–H groups in total. The van der Waals surface area contributed by atoms with Gasteiger partial charge >= 0.3 is 0 Å². The maximum absolute atomic E-state index is 12.6. The first-order chi connectivity index (χ1) is 9.75. The zero-order valence-electron chi connectivity index (χ0n) is 12.0. The first-order valence-electron chi connectivity index (χ1n) is 7.44. The number of hydrogen-bond donors (Lipinski definition) is 1. The van der Waals surface area contributed by atoms with E-state index in [1.165, 1.54) is 11.1 Å². The van der Waals surface area contributed by atoms with E-state index in [2.05, 4.69) is 41.4 Å². The molecule has 0 aromatic heterocycles. The Kier molecular flexibility index (Phi) is 4.32. The summed E-state index contributed by atoms with van der Waals surface area (Å²) in [6, 6.07) is 9.07. The van der Waals surface area contributed by atoms with Gasteiger partial charge in [-0.05, 0) is 24.5 Å². The number of amides is 1. The molecular weight excluding hydrogens is 268 g/mol. The highest BCUT2D eigenvalue weighted by Crippen LogP contribution is 2.29. The van der Waals surface area contributed by atoms with Crippen LogP contribution in [-0.4, -0.2) is 41.4 Å². The molecule has 0 spiro atoms. The third-order valence-corrected chi connectivity index (χ3v) is 5.47. The molecule has 4 heteroatoms. The lowest BCUT2D eigenvalue weighted by Gasteiger charge is -2.36. The molecule has 3 rings (SSSR count). The number of thioether (sulfide) groups is 1. The Bertz CT molecular complexity index is 485. The molecule has 1 amide bonds. The summed E-state index contributed by atoms with van der Waals surface area (Å²) in [6.45, 7) is 4.04. The van der Waals surface area contributed by atoms with Crippen molar-refractivity contribution in [1.29, 1.82) is 0 Å². The largest absolute Gasteiger partial charge is 0.336 e. The molecule has 2 atom stereocenters. The van der Waals surface area contributed by atoms with E-state index in [-0.39, 0.29) is 6.04 Å². The van der Waals surface area contributed by atoms with Crippen molar-refractivity contribution in [2.45, 2.75) is 31.8 Å². The third-order valence-electron chi connectivity index (χ3n) is 4.33. The molecule has 1 fully saturated rings. The van der Waals surface area contributed by atoms with E-state index >= 15 is 0 Å². The van der Waals surface area contributed by atoms with Crippen LogP contribution in [0.4, 0.5) is 0 Å². The maximum atomic E-state index is 12.6. The van der Waals surface area contributed by atoms with Gasteiger partial charge in [0.1, 0.15) is 0 Å². The molecule has 2 aliphatic rings. The lowest BCUT2D eigenvalue weighted by Crippen LogP contribution is -2.45. The number of nitrogens with zero attached hydrogens (tertiary/aromatic N) is 1. The second-order valence-electron chi connectivity index (χ2n) is 5.64. The zero-order chi connectivity index (χ0) is 13.9. The average molecular weight is 290 g/mol. The van der Waals surface area contributed by atoms with Crippen LogP contribution in [0.2, 0.25) is 0 Å². The molecule has 0 bridgehead atoms. The second-order valence-corrected chi connectivity index (χ2v) is 6.79. The minimum absolute atomic E-state index is 0.212. The number of fused-ring (bicyclic) bond motifs is 1. The second kappa shape index (κ2) is 6.19. The van der Waals surface area contributed by atoms with Crippen molar-refractivity contribution in [3.8, 4) is 0 Å². The van der Waals surface area contributed by atoms with E-state index in [1.54, 1.807) is 0 Å². The van der Waals surface area contributed by atoms with Gasteiger partial charge in [0.25, 0.3) is 0 Å². The third kappa shape index (κ3) is 2.86. The Balaban J connectivity index is 1.67. The Morgan fingerprint density at radius 1 is 1.45 bits per heavy atom. The number of benzene rings is 1. The first-order valence-corrected chi connectivity index (χ1v) is 8.59. The lowest BCUT2D eigenvalue weighted by atomic mass is 9.93. The van der Waals surface area contributed by atoms with Gasteiger partial charge in [-0.15, -0.1) is 0 Å². The highest BCUT2D eigenvalue weighted by atomic mass is 32.2. The molecular formula is C16H22N2OS. The molecule has 108 valence electrons. The van der Waals surface area contributed by atoms with E-state index in [4.69, 9.17) is 0 Å². The topological polar surface area (TPSA) is 32.3 Å². The van der Waals surface area contributed by atoms with Crippen LogP contribution < -0.4 is 5.32 Å². The van der Waals surface area contributed by atoms with Crippen molar-refractivity contribution >= 4 is 17.7 Å². The number of rotatable bonds is 2. The molecule has 1 saturated heterocycles.